The fourth-order valence-corrected chi connectivity index (χ4v) is 4.23. The number of nitrogens with zero attached hydrogens (tertiary/aromatic N) is 1. The number of carbonyl (C=O) groups excluding carboxylic acids is 2. The van der Waals surface area contributed by atoms with Crippen LogP contribution in [-0.4, -0.2) is 42.8 Å². The second-order valence-electron chi connectivity index (χ2n) is 9.19. The van der Waals surface area contributed by atoms with E-state index in [4.69, 9.17) is 4.74 Å². The Morgan fingerprint density at radius 1 is 1.03 bits per heavy atom. The number of ether oxygens (including phenoxy) is 1. The Morgan fingerprint density at radius 2 is 1.75 bits per heavy atom. The highest BCUT2D eigenvalue weighted by Gasteiger charge is 2.21. The van der Waals surface area contributed by atoms with Gasteiger partial charge in [-0.3, -0.25) is 14.5 Å². The van der Waals surface area contributed by atoms with Crippen molar-refractivity contribution in [3.8, 4) is 5.75 Å². The van der Waals surface area contributed by atoms with Crippen molar-refractivity contribution >= 4 is 11.7 Å². The summed E-state index contributed by atoms with van der Waals surface area (Å²) in [7, 11) is 1.68. The lowest BCUT2D eigenvalue weighted by Crippen LogP contribution is -2.44. The van der Waals surface area contributed by atoms with Crippen LogP contribution in [0.1, 0.15) is 61.0 Å². The van der Waals surface area contributed by atoms with Crippen LogP contribution >= 0.6 is 0 Å². The van der Waals surface area contributed by atoms with Crippen molar-refractivity contribution in [1.82, 2.24) is 10.2 Å². The first-order chi connectivity index (χ1) is 15.4. The molecule has 0 bridgehead atoms. The molecule has 5 nitrogen and oxygen atoms in total. The van der Waals surface area contributed by atoms with Gasteiger partial charge >= 0.3 is 0 Å². The number of piperidine rings is 1. The van der Waals surface area contributed by atoms with Crippen molar-refractivity contribution in [2.45, 2.75) is 58.5 Å². The van der Waals surface area contributed by atoms with Crippen molar-refractivity contribution in [2.24, 2.45) is 5.92 Å². The first-order valence-corrected chi connectivity index (χ1v) is 11.7. The van der Waals surface area contributed by atoms with E-state index in [-0.39, 0.29) is 30.6 Å². The average Bonchev–Trinajstić information content (AvgIpc) is 2.79. The second kappa shape index (κ2) is 11.8. The molecule has 5 heteroatoms. The zero-order valence-electron chi connectivity index (χ0n) is 19.6. The van der Waals surface area contributed by atoms with E-state index in [0.29, 0.717) is 11.5 Å². The number of hydrogen-bond acceptors (Lipinski definition) is 4. The summed E-state index contributed by atoms with van der Waals surface area (Å²) < 4.78 is 5.30. The first-order valence-electron chi connectivity index (χ1n) is 11.7. The topological polar surface area (TPSA) is 58.6 Å². The number of benzene rings is 2. The molecular weight excluding hydrogens is 400 g/mol. The fraction of sp³-hybridized carbons (Fsp3) is 0.481. The van der Waals surface area contributed by atoms with E-state index in [0.717, 1.165) is 44.6 Å². The Bertz CT molecular complexity index is 884. The summed E-state index contributed by atoms with van der Waals surface area (Å²) in [5.74, 6) is 1.48. The smallest absolute Gasteiger partial charge is 0.220 e. The van der Waals surface area contributed by atoms with E-state index in [1.165, 1.54) is 11.1 Å². The molecule has 1 amide bonds. The molecular formula is C27H36N2O3. The number of carbonyl (C=O) groups is 2. The molecule has 1 aliphatic heterocycles. The van der Waals surface area contributed by atoms with Crippen LogP contribution in [0.2, 0.25) is 0 Å². The van der Waals surface area contributed by atoms with Gasteiger partial charge in [0.15, 0.2) is 5.78 Å². The van der Waals surface area contributed by atoms with Crippen LogP contribution in [0.3, 0.4) is 0 Å². The summed E-state index contributed by atoms with van der Waals surface area (Å²) in [6.45, 7) is 7.15. The van der Waals surface area contributed by atoms with E-state index in [2.05, 4.69) is 36.2 Å². The van der Waals surface area contributed by atoms with Crippen LogP contribution in [0.25, 0.3) is 0 Å². The third-order valence-corrected chi connectivity index (χ3v) is 5.99. The number of hydrogen-bond donors (Lipinski definition) is 1. The van der Waals surface area contributed by atoms with E-state index in [1.54, 1.807) is 7.11 Å². The van der Waals surface area contributed by atoms with Crippen molar-refractivity contribution in [3.05, 3.63) is 65.2 Å². The number of amides is 1. The molecule has 0 radical (unpaired) electrons. The molecule has 0 aromatic heterocycles. The summed E-state index contributed by atoms with van der Waals surface area (Å²) in [4.78, 5) is 27.2. The minimum Gasteiger partial charge on any atom is -0.497 e. The maximum absolute atomic E-state index is 12.4. The number of nitrogens with one attached hydrogen (secondary N) is 1. The van der Waals surface area contributed by atoms with Crippen LogP contribution < -0.4 is 10.1 Å². The summed E-state index contributed by atoms with van der Waals surface area (Å²) in [5.41, 5.74) is 3.17. The van der Waals surface area contributed by atoms with Crippen LogP contribution in [-0.2, 0) is 17.8 Å². The summed E-state index contributed by atoms with van der Waals surface area (Å²) in [6.07, 6.45) is 3.37. The number of methoxy groups -OCH3 is 1. The summed E-state index contributed by atoms with van der Waals surface area (Å²) in [6, 6.07) is 16.2. The highest BCUT2D eigenvalue weighted by molar-refractivity contribution is 5.98. The molecule has 0 saturated carbocycles. The van der Waals surface area contributed by atoms with Gasteiger partial charge in [0.2, 0.25) is 5.91 Å². The molecule has 2 aromatic rings. The van der Waals surface area contributed by atoms with Gasteiger partial charge < -0.3 is 10.1 Å². The minimum absolute atomic E-state index is 0.0268. The van der Waals surface area contributed by atoms with E-state index in [1.807, 2.05) is 36.4 Å². The molecule has 0 unspecified atom stereocenters. The number of Topliss-reactive ketones (excluding diaryl/α,β-unsaturated/α-hetero) is 1. The van der Waals surface area contributed by atoms with Crippen molar-refractivity contribution in [1.29, 1.82) is 0 Å². The normalized spacial score (nSPS) is 15.0. The van der Waals surface area contributed by atoms with Crippen LogP contribution in [0, 0.1) is 5.92 Å². The van der Waals surface area contributed by atoms with Gasteiger partial charge in [0, 0.05) is 44.1 Å². The predicted molar refractivity (Wildman–Crippen MR) is 128 cm³/mol. The van der Waals surface area contributed by atoms with Gasteiger partial charge in [0.1, 0.15) is 5.75 Å². The molecule has 1 saturated heterocycles. The molecule has 1 heterocycles. The lowest BCUT2D eigenvalue weighted by Gasteiger charge is -2.32. The maximum Gasteiger partial charge on any atom is 0.220 e. The molecule has 32 heavy (non-hydrogen) atoms. The Balaban J connectivity index is 1.37. The highest BCUT2D eigenvalue weighted by atomic mass is 16.5. The second-order valence-corrected chi connectivity index (χ2v) is 9.19. The van der Waals surface area contributed by atoms with Gasteiger partial charge in [-0.2, -0.15) is 0 Å². The van der Waals surface area contributed by atoms with Gasteiger partial charge in [-0.1, -0.05) is 50.2 Å². The molecule has 0 spiro atoms. The first kappa shape index (κ1) is 24.0. The standard InChI is InChI=1S/C27H36N2O3/c1-20(2)17-21-7-9-23(10-8-21)26(30)11-12-27(31)28-24-13-15-29(16-14-24)19-22-5-4-6-25(18-22)32-3/h4-10,18,20,24H,11-17,19H2,1-3H3,(H,28,31). The van der Waals surface area contributed by atoms with E-state index in [9.17, 15) is 9.59 Å². The molecule has 172 valence electrons. The molecule has 1 fully saturated rings. The van der Waals surface area contributed by atoms with Crippen LogP contribution in [0.4, 0.5) is 0 Å². The van der Waals surface area contributed by atoms with Gasteiger partial charge in [0.25, 0.3) is 0 Å². The molecule has 0 aliphatic carbocycles. The predicted octanol–water partition coefficient (Wildman–Crippen LogP) is 4.64. The van der Waals surface area contributed by atoms with Gasteiger partial charge in [-0.25, -0.2) is 0 Å². The Morgan fingerprint density at radius 3 is 2.41 bits per heavy atom. The number of likely N-dealkylation sites (tertiary alicyclic amines) is 1. The molecule has 2 aromatic carbocycles. The zero-order valence-corrected chi connectivity index (χ0v) is 19.6. The lowest BCUT2D eigenvalue weighted by molar-refractivity contribution is -0.122. The Labute approximate surface area is 192 Å². The van der Waals surface area contributed by atoms with Gasteiger partial charge in [0.05, 0.1) is 7.11 Å². The fourth-order valence-electron chi connectivity index (χ4n) is 4.23. The molecule has 3 rings (SSSR count). The third kappa shape index (κ3) is 7.49. The van der Waals surface area contributed by atoms with Crippen LogP contribution in [0.15, 0.2) is 48.5 Å². The SMILES string of the molecule is COc1cccc(CN2CCC(NC(=O)CCC(=O)c3ccc(CC(C)C)cc3)CC2)c1. The lowest BCUT2D eigenvalue weighted by atomic mass is 9.99. The van der Waals surface area contributed by atoms with Gasteiger partial charge in [-0.05, 0) is 48.4 Å². The Kier molecular flexibility index (Phi) is 8.86. The zero-order chi connectivity index (χ0) is 22.9. The van der Waals surface area contributed by atoms with Crippen molar-refractivity contribution in [3.63, 3.8) is 0 Å². The number of rotatable bonds is 10. The largest absolute Gasteiger partial charge is 0.497 e. The van der Waals surface area contributed by atoms with Crippen molar-refractivity contribution in [2.75, 3.05) is 20.2 Å². The van der Waals surface area contributed by atoms with Crippen molar-refractivity contribution < 1.29 is 14.3 Å². The minimum atomic E-state index is -0.0268. The quantitative estimate of drug-likeness (QED) is 0.552. The monoisotopic (exact) mass is 436 g/mol. The van der Waals surface area contributed by atoms with E-state index >= 15 is 0 Å². The number of ketones is 1. The third-order valence-electron chi connectivity index (χ3n) is 5.99. The van der Waals surface area contributed by atoms with Crippen LogP contribution in [0.5, 0.6) is 5.75 Å². The maximum atomic E-state index is 12.4. The molecule has 1 aliphatic rings. The average molecular weight is 437 g/mol. The highest BCUT2D eigenvalue weighted by Crippen LogP contribution is 2.18. The molecule has 1 N–H and O–H groups in total. The molecule has 0 atom stereocenters. The summed E-state index contributed by atoms with van der Waals surface area (Å²) in [5, 5.41) is 3.12. The Hall–Kier alpha value is -2.66. The summed E-state index contributed by atoms with van der Waals surface area (Å²) >= 11 is 0. The van der Waals surface area contributed by atoms with E-state index < -0.39 is 0 Å². The van der Waals surface area contributed by atoms with Gasteiger partial charge in [-0.15, -0.1) is 0 Å².